The molecule has 0 saturated heterocycles. The summed E-state index contributed by atoms with van der Waals surface area (Å²) in [5.74, 6) is 0.541. The van der Waals surface area contributed by atoms with E-state index in [0.29, 0.717) is 11.0 Å². The van der Waals surface area contributed by atoms with Crippen molar-refractivity contribution < 1.29 is 0 Å². The van der Waals surface area contributed by atoms with E-state index in [0.717, 1.165) is 30.3 Å². The molecule has 4 heteroatoms. The molecular weight excluding hydrogens is 282 g/mol. The third-order valence-corrected chi connectivity index (χ3v) is 4.64. The molecule has 1 heterocycles. The van der Waals surface area contributed by atoms with E-state index in [9.17, 15) is 0 Å². The standard InChI is InChI=1S/C17H16ClN3/c18-13-8-4-9-14-16(13)21(17(19)20-14)15-10-3-6-11-5-1-2-7-12(11)15/h1-2,4-5,7-9,15H,3,6,10H2,(H2,19,20). The molecule has 106 valence electrons. The number of halogens is 1. The number of nitrogens with zero attached hydrogens (tertiary/aromatic N) is 2. The predicted octanol–water partition coefficient (Wildman–Crippen LogP) is 4.20. The fourth-order valence-electron chi connectivity index (χ4n) is 3.44. The Balaban J connectivity index is 1.98. The van der Waals surface area contributed by atoms with Crippen LogP contribution in [0.1, 0.15) is 30.0 Å². The minimum absolute atomic E-state index is 0.222. The van der Waals surface area contributed by atoms with Crippen LogP contribution in [0.4, 0.5) is 5.95 Å². The Hall–Kier alpha value is -2.00. The first-order valence-electron chi connectivity index (χ1n) is 7.25. The van der Waals surface area contributed by atoms with Gasteiger partial charge in [-0.2, -0.15) is 0 Å². The number of para-hydroxylation sites is 1. The van der Waals surface area contributed by atoms with Crippen LogP contribution in [0.25, 0.3) is 11.0 Å². The van der Waals surface area contributed by atoms with Crippen molar-refractivity contribution in [3.8, 4) is 0 Å². The van der Waals surface area contributed by atoms with Crippen LogP contribution in [0.5, 0.6) is 0 Å². The van der Waals surface area contributed by atoms with Crippen molar-refractivity contribution in [1.29, 1.82) is 0 Å². The molecule has 2 aromatic carbocycles. The number of fused-ring (bicyclic) bond motifs is 2. The number of imidazole rings is 1. The molecule has 21 heavy (non-hydrogen) atoms. The zero-order chi connectivity index (χ0) is 14.4. The second kappa shape index (κ2) is 4.78. The van der Waals surface area contributed by atoms with Gasteiger partial charge in [0.05, 0.1) is 22.1 Å². The van der Waals surface area contributed by atoms with Gasteiger partial charge < -0.3 is 10.3 Å². The molecule has 0 spiro atoms. The van der Waals surface area contributed by atoms with E-state index in [1.807, 2.05) is 18.2 Å². The number of hydrogen-bond donors (Lipinski definition) is 1. The van der Waals surface area contributed by atoms with Gasteiger partial charge in [-0.05, 0) is 42.5 Å². The molecule has 0 saturated carbocycles. The SMILES string of the molecule is Nc1nc2cccc(Cl)c2n1C1CCCc2ccccc21. The molecule has 1 atom stereocenters. The lowest BCUT2D eigenvalue weighted by Crippen LogP contribution is -2.18. The number of anilines is 1. The van der Waals surface area contributed by atoms with Gasteiger partial charge in [-0.1, -0.05) is 41.9 Å². The molecule has 1 unspecified atom stereocenters. The van der Waals surface area contributed by atoms with Gasteiger partial charge in [-0.15, -0.1) is 0 Å². The van der Waals surface area contributed by atoms with E-state index in [4.69, 9.17) is 17.3 Å². The summed E-state index contributed by atoms with van der Waals surface area (Å²) in [5, 5.41) is 0.708. The fraction of sp³-hybridized carbons (Fsp3) is 0.235. The lowest BCUT2D eigenvalue weighted by molar-refractivity contribution is 0.504. The van der Waals surface area contributed by atoms with Crippen LogP contribution in [0, 0.1) is 0 Å². The maximum absolute atomic E-state index is 6.41. The normalized spacial score (nSPS) is 17.9. The summed E-state index contributed by atoms with van der Waals surface area (Å²) >= 11 is 6.41. The Kier molecular flexibility index (Phi) is 2.89. The summed E-state index contributed by atoms with van der Waals surface area (Å²) in [6, 6.07) is 14.6. The summed E-state index contributed by atoms with van der Waals surface area (Å²) in [6.45, 7) is 0. The van der Waals surface area contributed by atoms with E-state index < -0.39 is 0 Å². The minimum atomic E-state index is 0.222. The number of nitrogen functional groups attached to an aromatic ring is 1. The van der Waals surface area contributed by atoms with Gasteiger partial charge >= 0.3 is 0 Å². The van der Waals surface area contributed by atoms with Crippen LogP contribution in [0.15, 0.2) is 42.5 Å². The lowest BCUT2D eigenvalue weighted by Gasteiger charge is -2.28. The molecule has 3 aromatic rings. The largest absolute Gasteiger partial charge is 0.369 e. The number of hydrogen-bond acceptors (Lipinski definition) is 2. The zero-order valence-electron chi connectivity index (χ0n) is 11.6. The highest BCUT2D eigenvalue weighted by molar-refractivity contribution is 6.35. The van der Waals surface area contributed by atoms with Gasteiger partial charge in [0.25, 0.3) is 0 Å². The predicted molar refractivity (Wildman–Crippen MR) is 86.7 cm³/mol. The third-order valence-electron chi connectivity index (χ3n) is 4.34. The Morgan fingerprint density at radius 1 is 1.14 bits per heavy atom. The Bertz CT molecular complexity index is 822. The molecule has 1 aromatic heterocycles. The Labute approximate surface area is 128 Å². The molecule has 0 bridgehead atoms. The van der Waals surface area contributed by atoms with Crippen LogP contribution in [0.2, 0.25) is 5.02 Å². The van der Waals surface area contributed by atoms with E-state index in [2.05, 4.69) is 33.8 Å². The van der Waals surface area contributed by atoms with Crippen molar-refractivity contribution in [3.05, 3.63) is 58.6 Å². The van der Waals surface area contributed by atoms with Crippen LogP contribution >= 0.6 is 11.6 Å². The van der Waals surface area contributed by atoms with Gasteiger partial charge in [-0.25, -0.2) is 4.98 Å². The van der Waals surface area contributed by atoms with Crippen LogP contribution in [-0.4, -0.2) is 9.55 Å². The molecule has 2 N–H and O–H groups in total. The fourth-order valence-corrected chi connectivity index (χ4v) is 3.70. The second-order valence-corrected chi connectivity index (χ2v) is 5.96. The van der Waals surface area contributed by atoms with Crippen molar-refractivity contribution in [2.24, 2.45) is 0 Å². The summed E-state index contributed by atoms with van der Waals surface area (Å²) in [6.07, 6.45) is 3.36. The Morgan fingerprint density at radius 3 is 2.90 bits per heavy atom. The topological polar surface area (TPSA) is 43.8 Å². The number of benzene rings is 2. The molecule has 0 aliphatic heterocycles. The van der Waals surface area contributed by atoms with Crippen LogP contribution in [0.3, 0.4) is 0 Å². The molecule has 0 amide bonds. The minimum Gasteiger partial charge on any atom is -0.369 e. The van der Waals surface area contributed by atoms with Crippen molar-refractivity contribution >= 4 is 28.6 Å². The highest BCUT2D eigenvalue weighted by Crippen LogP contribution is 2.38. The average molecular weight is 298 g/mol. The molecule has 0 radical (unpaired) electrons. The number of nitrogens with two attached hydrogens (primary N) is 1. The average Bonchev–Trinajstić information content (AvgIpc) is 2.84. The molecule has 1 aliphatic carbocycles. The van der Waals surface area contributed by atoms with E-state index in [-0.39, 0.29) is 6.04 Å². The quantitative estimate of drug-likeness (QED) is 0.731. The van der Waals surface area contributed by atoms with Gasteiger partial charge in [-0.3, -0.25) is 0 Å². The van der Waals surface area contributed by atoms with Gasteiger partial charge in [0, 0.05) is 0 Å². The molecule has 0 fully saturated rings. The van der Waals surface area contributed by atoms with Crippen molar-refractivity contribution in [3.63, 3.8) is 0 Å². The third kappa shape index (κ3) is 1.92. The molecule has 1 aliphatic rings. The van der Waals surface area contributed by atoms with Crippen molar-refractivity contribution in [2.45, 2.75) is 25.3 Å². The Morgan fingerprint density at radius 2 is 2.00 bits per heavy atom. The van der Waals surface area contributed by atoms with E-state index in [1.165, 1.54) is 11.1 Å². The first-order chi connectivity index (χ1) is 10.3. The monoisotopic (exact) mass is 297 g/mol. The summed E-state index contributed by atoms with van der Waals surface area (Å²) in [4.78, 5) is 4.48. The molecular formula is C17H16ClN3. The smallest absolute Gasteiger partial charge is 0.201 e. The van der Waals surface area contributed by atoms with Crippen molar-refractivity contribution in [2.75, 3.05) is 5.73 Å². The number of aromatic nitrogens is 2. The van der Waals surface area contributed by atoms with Crippen molar-refractivity contribution in [1.82, 2.24) is 9.55 Å². The van der Waals surface area contributed by atoms with E-state index in [1.54, 1.807) is 0 Å². The highest BCUT2D eigenvalue weighted by Gasteiger charge is 2.25. The first-order valence-corrected chi connectivity index (χ1v) is 7.63. The maximum Gasteiger partial charge on any atom is 0.201 e. The zero-order valence-corrected chi connectivity index (χ0v) is 12.3. The van der Waals surface area contributed by atoms with Gasteiger partial charge in [0.15, 0.2) is 0 Å². The van der Waals surface area contributed by atoms with E-state index >= 15 is 0 Å². The second-order valence-electron chi connectivity index (χ2n) is 5.55. The van der Waals surface area contributed by atoms with Crippen LogP contribution in [-0.2, 0) is 6.42 Å². The number of rotatable bonds is 1. The van der Waals surface area contributed by atoms with Gasteiger partial charge in [0.2, 0.25) is 5.95 Å². The maximum atomic E-state index is 6.41. The summed E-state index contributed by atoms with van der Waals surface area (Å²) in [5.41, 5.74) is 10.8. The van der Waals surface area contributed by atoms with Gasteiger partial charge in [0.1, 0.15) is 0 Å². The molecule has 4 rings (SSSR count). The summed E-state index contributed by atoms with van der Waals surface area (Å²) in [7, 11) is 0. The summed E-state index contributed by atoms with van der Waals surface area (Å²) < 4.78 is 2.11. The number of aryl methyl sites for hydroxylation is 1. The molecule has 3 nitrogen and oxygen atoms in total. The first kappa shape index (κ1) is 12.7. The highest BCUT2D eigenvalue weighted by atomic mass is 35.5. The lowest BCUT2D eigenvalue weighted by atomic mass is 9.87. The van der Waals surface area contributed by atoms with Crippen LogP contribution < -0.4 is 5.73 Å².